The van der Waals surface area contributed by atoms with Crippen molar-refractivity contribution in [3.8, 4) is 52.4 Å². The van der Waals surface area contributed by atoms with Crippen LogP contribution >= 0.6 is 0 Å². The molecule has 3 aromatic carbocycles. The zero-order chi connectivity index (χ0) is 40.3. The quantitative estimate of drug-likeness (QED) is 0.0467. The third-order valence-electron chi connectivity index (χ3n) is 8.41. The number of allylic oxidation sites excluding steroid dienone is 2. The Bertz CT molecular complexity index is 1700. The summed E-state index contributed by atoms with van der Waals surface area (Å²) >= 11 is 0. The molecule has 10 nitrogen and oxygen atoms in total. The first-order valence-corrected chi connectivity index (χ1v) is 20.0. The van der Waals surface area contributed by atoms with Gasteiger partial charge in [-0.3, -0.25) is 0 Å². The van der Waals surface area contributed by atoms with Gasteiger partial charge in [0.15, 0.2) is 23.0 Å². The lowest BCUT2D eigenvalue weighted by Crippen LogP contribution is -2.16. The Morgan fingerprint density at radius 2 is 0.893 bits per heavy atom. The summed E-state index contributed by atoms with van der Waals surface area (Å²) in [6.07, 6.45) is 8.45. The lowest BCUT2D eigenvalue weighted by Gasteiger charge is -2.18. The number of epoxide rings is 1. The van der Waals surface area contributed by atoms with Crippen molar-refractivity contribution in [3.05, 3.63) is 64.7 Å². The van der Waals surface area contributed by atoms with Crippen LogP contribution in [0.5, 0.6) is 40.2 Å². The smallest absolute Gasteiger partial charge is 0.203 e. The maximum Gasteiger partial charge on any atom is 0.203 e. The van der Waals surface area contributed by atoms with Crippen LogP contribution in [0, 0.1) is 22.7 Å². The molecule has 1 heterocycles. The minimum absolute atomic E-state index is 0.352. The monoisotopic (exact) mass is 766 g/mol. The SMILES string of the molecule is CCCOc1cc(/C(C#N)=C/c2cc(/C=C(\C#N)c3cc(OCCC)c(OCCC)c(OCCC)c3)cc(OC[C@]3(C)CO3)c2)cc(OCCC)c1OCCC. The molecule has 1 saturated heterocycles. The van der Waals surface area contributed by atoms with Crippen molar-refractivity contribution in [2.45, 2.75) is 92.6 Å². The summed E-state index contributed by atoms with van der Waals surface area (Å²) in [6, 6.07) is 17.8. The van der Waals surface area contributed by atoms with Crippen LogP contribution in [0.1, 0.15) is 109 Å². The zero-order valence-electron chi connectivity index (χ0n) is 34.3. The van der Waals surface area contributed by atoms with Crippen molar-refractivity contribution in [3.63, 3.8) is 0 Å². The summed E-state index contributed by atoms with van der Waals surface area (Å²) in [5.74, 6) is 3.75. The molecule has 1 aliphatic rings. The number of hydrogen-bond donors (Lipinski definition) is 0. The largest absolute Gasteiger partial charge is 0.490 e. The van der Waals surface area contributed by atoms with E-state index in [1.54, 1.807) is 12.2 Å². The lowest BCUT2D eigenvalue weighted by molar-refractivity contribution is 0.202. The van der Waals surface area contributed by atoms with E-state index in [2.05, 4.69) is 12.1 Å². The zero-order valence-corrected chi connectivity index (χ0v) is 34.3. The average molecular weight is 767 g/mol. The predicted molar refractivity (Wildman–Crippen MR) is 221 cm³/mol. The molecule has 1 fully saturated rings. The van der Waals surface area contributed by atoms with Crippen molar-refractivity contribution >= 4 is 23.3 Å². The standard InChI is InChI=1S/C46H58N2O8/c1-8-14-49-40-25-35(26-41(50-15-9-2)44(40)53-18-12-5)37(29-47)21-33-20-34(24-39(23-33)55-31-46(7)32-56-46)22-38(30-48)36-27-42(51-16-10-3)45(54-19-13-6)43(28-36)52-17-11-4/h20-28H,8-19,31-32H2,1-7H3/b37-21+,38-22+/t46-/m1/s1. The first kappa shape index (κ1) is 43.4. The minimum Gasteiger partial charge on any atom is -0.490 e. The number of nitriles is 2. The summed E-state index contributed by atoms with van der Waals surface area (Å²) < 4.78 is 48.6. The molecule has 300 valence electrons. The summed E-state index contributed by atoms with van der Waals surface area (Å²) in [4.78, 5) is 0. The van der Waals surface area contributed by atoms with E-state index in [1.165, 1.54) is 0 Å². The van der Waals surface area contributed by atoms with Gasteiger partial charge in [-0.2, -0.15) is 10.5 Å². The molecule has 0 saturated carbocycles. The van der Waals surface area contributed by atoms with Gasteiger partial charge in [0.2, 0.25) is 11.5 Å². The molecule has 0 spiro atoms. The average Bonchev–Trinajstić information content (AvgIpc) is 3.96. The van der Waals surface area contributed by atoms with Crippen molar-refractivity contribution < 1.29 is 37.9 Å². The number of hydrogen-bond acceptors (Lipinski definition) is 10. The van der Waals surface area contributed by atoms with E-state index < -0.39 is 0 Å². The van der Waals surface area contributed by atoms with Crippen molar-refractivity contribution in [1.29, 1.82) is 10.5 Å². The predicted octanol–water partition coefficient (Wildman–Crippen LogP) is 10.7. The van der Waals surface area contributed by atoms with Gasteiger partial charge in [0.05, 0.1) is 69.5 Å². The van der Waals surface area contributed by atoms with Gasteiger partial charge in [-0.05, 0) is 122 Å². The van der Waals surface area contributed by atoms with Gasteiger partial charge in [0, 0.05) is 0 Å². The third-order valence-corrected chi connectivity index (χ3v) is 8.41. The highest BCUT2D eigenvalue weighted by molar-refractivity contribution is 5.93. The molecule has 0 N–H and O–H groups in total. The molecule has 1 aliphatic heterocycles. The van der Waals surface area contributed by atoms with Crippen LogP contribution in [0.3, 0.4) is 0 Å². The molecule has 0 amide bonds. The van der Waals surface area contributed by atoms with E-state index in [9.17, 15) is 10.5 Å². The Kier molecular flexibility index (Phi) is 17.3. The Morgan fingerprint density at radius 3 is 1.20 bits per heavy atom. The fourth-order valence-electron chi connectivity index (χ4n) is 5.47. The molecular formula is C46H58N2O8. The Morgan fingerprint density at radius 1 is 0.554 bits per heavy atom. The Hall–Kier alpha value is -5.32. The first-order valence-electron chi connectivity index (χ1n) is 20.0. The van der Waals surface area contributed by atoms with Crippen LogP contribution in [0.15, 0.2) is 42.5 Å². The van der Waals surface area contributed by atoms with E-state index in [-0.39, 0.29) is 5.60 Å². The number of nitrogens with zero attached hydrogens (tertiary/aromatic N) is 2. The normalized spacial score (nSPS) is 15.0. The number of rotatable bonds is 25. The van der Waals surface area contributed by atoms with Gasteiger partial charge >= 0.3 is 0 Å². The van der Waals surface area contributed by atoms with Gasteiger partial charge < -0.3 is 37.9 Å². The summed E-state index contributed by atoms with van der Waals surface area (Å²) in [5, 5.41) is 21.1. The fraction of sp³-hybridized carbons (Fsp3) is 0.478. The van der Waals surface area contributed by atoms with Crippen molar-refractivity contribution in [1.82, 2.24) is 0 Å². The van der Waals surface area contributed by atoms with Crippen LogP contribution in [-0.2, 0) is 4.74 Å². The number of benzene rings is 3. The van der Waals surface area contributed by atoms with Crippen LogP contribution in [0.2, 0.25) is 0 Å². The van der Waals surface area contributed by atoms with E-state index in [4.69, 9.17) is 37.9 Å². The Labute approximate surface area is 333 Å². The van der Waals surface area contributed by atoms with Crippen LogP contribution in [0.25, 0.3) is 23.3 Å². The molecule has 1 atom stereocenters. The highest BCUT2D eigenvalue weighted by atomic mass is 16.6. The van der Waals surface area contributed by atoms with Crippen LogP contribution in [-0.4, -0.2) is 58.5 Å². The van der Waals surface area contributed by atoms with E-state index in [1.807, 2.05) is 90.9 Å². The van der Waals surface area contributed by atoms with Crippen molar-refractivity contribution in [2.24, 2.45) is 0 Å². The maximum absolute atomic E-state index is 10.6. The summed E-state index contributed by atoms with van der Waals surface area (Å²) in [6.45, 7) is 18.1. The second-order valence-electron chi connectivity index (χ2n) is 13.9. The molecule has 0 aromatic heterocycles. The fourth-order valence-corrected chi connectivity index (χ4v) is 5.47. The minimum atomic E-state index is -0.353. The van der Waals surface area contributed by atoms with Crippen LogP contribution < -0.4 is 33.2 Å². The Balaban J connectivity index is 1.86. The number of ether oxygens (including phenoxy) is 8. The summed E-state index contributed by atoms with van der Waals surface area (Å²) in [7, 11) is 0. The second kappa shape index (κ2) is 22.3. The molecule has 10 heteroatoms. The lowest BCUT2D eigenvalue weighted by atomic mass is 9.99. The molecule has 0 radical (unpaired) electrons. The highest BCUT2D eigenvalue weighted by Gasteiger charge is 2.40. The molecule has 0 bridgehead atoms. The van der Waals surface area contributed by atoms with Gasteiger partial charge in [-0.25, -0.2) is 0 Å². The van der Waals surface area contributed by atoms with Gasteiger partial charge in [-0.1, -0.05) is 41.5 Å². The summed E-state index contributed by atoms with van der Waals surface area (Å²) in [5.41, 5.74) is 3.07. The molecule has 3 aromatic rings. The van der Waals surface area contributed by atoms with E-state index >= 15 is 0 Å². The van der Waals surface area contributed by atoms with Gasteiger partial charge in [0.1, 0.15) is 18.0 Å². The van der Waals surface area contributed by atoms with Crippen molar-refractivity contribution in [2.75, 3.05) is 52.9 Å². The molecule has 0 unspecified atom stereocenters. The molecule has 4 rings (SSSR count). The van der Waals surface area contributed by atoms with Crippen LogP contribution in [0.4, 0.5) is 0 Å². The third kappa shape index (κ3) is 12.6. The van der Waals surface area contributed by atoms with E-state index in [0.717, 1.165) is 38.5 Å². The molecule has 56 heavy (non-hydrogen) atoms. The molecule has 0 aliphatic carbocycles. The second-order valence-corrected chi connectivity index (χ2v) is 13.9. The van der Waals surface area contributed by atoms with E-state index in [0.29, 0.717) is 127 Å². The van der Waals surface area contributed by atoms with Gasteiger partial charge in [0.25, 0.3) is 0 Å². The maximum atomic E-state index is 10.6. The van der Waals surface area contributed by atoms with Gasteiger partial charge in [-0.15, -0.1) is 0 Å². The molecular weight excluding hydrogens is 709 g/mol. The topological polar surface area (TPSA) is 125 Å². The first-order chi connectivity index (χ1) is 27.2. The highest BCUT2D eigenvalue weighted by Crippen LogP contribution is 2.43.